The summed E-state index contributed by atoms with van der Waals surface area (Å²) >= 11 is 0. The molecule has 3 rings (SSSR count). The highest BCUT2D eigenvalue weighted by Gasteiger charge is 2.38. The molecule has 0 unspecified atom stereocenters. The second-order valence-corrected chi connectivity index (χ2v) is 10.6. The number of aliphatic hydroxyl groups excluding tert-OH is 1. The van der Waals surface area contributed by atoms with Crippen LogP contribution in [-0.2, 0) is 19.5 Å². The van der Waals surface area contributed by atoms with E-state index in [4.69, 9.17) is 5.10 Å². The second-order valence-electron chi connectivity index (χ2n) is 10.6. The lowest BCUT2D eigenvalue weighted by Gasteiger charge is -2.42. The van der Waals surface area contributed by atoms with Crippen LogP contribution in [0.25, 0.3) is 0 Å². The van der Waals surface area contributed by atoms with Gasteiger partial charge in [-0.05, 0) is 75.8 Å². The summed E-state index contributed by atoms with van der Waals surface area (Å²) in [5, 5.41) is 18.0. The van der Waals surface area contributed by atoms with Crippen LogP contribution in [0.1, 0.15) is 82.2 Å². The largest absolute Gasteiger partial charge is 0.396 e. The number of nitrogens with one attached hydrogen (secondary N) is 1. The van der Waals surface area contributed by atoms with Gasteiger partial charge < -0.3 is 10.4 Å². The molecule has 1 aromatic heterocycles. The molecule has 5 heteroatoms. The van der Waals surface area contributed by atoms with Crippen LogP contribution in [0, 0.1) is 10.8 Å². The van der Waals surface area contributed by atoms with Crippen LogP contribution >= 0.6 is 0 Å². The normalized spacial score (nSPS) is 25.5. The minimum atomic E-state index is 0.0295. The van der Waals surface area contributed by atoms with Crippen molar-refractivity contribution in [1.29, 1.82) is 0 Å². The van der Waals surface area contributed by atoms with Crippen molar-refractivity contribution in [2.75, 3.05) is 33.8 Å². The van der Waals surface area contributed by atoms with Gasteiger partial charge in [-0.2, -0.15) is 5.10 Å². The number of fused-ring (bicyclic) bond motifs is 1. The summed E-state index contributed by atoms with van der Waals surface area (Å²) in [6.07, 6.45) is 8.64. The first-order valence-electron chi connectivity index (χ1n) is 11.3. The van der Waals surface area contributed by atoms with Crippen LogP contribution < -0.4 is 5.32 Å². The van der Waals surface area contributed by atoms with E-state index in [0.29, 0.717) is 11.3 Å². The van der Waals surface area contributed by atoms with Crippen molar-refractivity contribution in [2.24, 2.45) is 10.8 Å². The summed E-state index contributed by atoms with van der Waals surface area (Å²) in [4.78, 5) is 2.40. The smallest absolute Gasteiger partial charge is 0.0802 e. The molecule has 0 amide bonds. The maximum Gasteiger partial charge on any atom is 0.0802 e. The number of hydrogen-bond acceptors (Lipinski definition) is 4. The van der Waals surface area contributed by atoms with E-state index in [2.05, 4.69) is 42.7 Å². The van der Waals surface area contributed by atoms with Gasteiger partial charge in [-0.1, -0.05) is 20.8 Å². The molecular formula is C23H42N4O. The maximum atomic E-state index is 9.71. The molecule has 1 aliphatic heterocycles. The number of hydrogen-bond donors (Lipinski definition) is 2. The number of aliphatic hydroxyl groups is 1. The quantitative estimate of drug-likeness (QED) is 0.677. The molecular weight excluding hydrogens is 348 g/mol. The topological polar surface area (TPSA) is 53.3 Å². The van der Waals surface area contributed by atoms with Crippen LogP contribution in [-0.4, -0.2) is 53.6 Å². The first-order chi connectivity index (χ1) is 13.3. The Kier molecular flexibility index (Phi) is 6.88. The zero-order chi connectivity index (χ0) is 20.4. The Labute approximate surface area is 171 Å². The summed E-state index contributed by atoms with van der Waals surface area (Å²) in [5.74, 6) is 0.667. The third-order valence-corrected chi connectivity index (χ3v) is 7.06. The molecule has 2 heterocycles. The van der Waals surface area contributed by atoms with E-state index in [-0.39, 0.29) is 12.0 Å². The van der Waals surface area contributed by atoms with Crippen LogP contribution in [0.5, 0.6) is 0 Å². The molecule has 1 fully saturated rings. The summed E-state index contributed by atoms with van der Waals surface area (Å²) < 4.78 is 2.30. The minimum Gasteiger partial charge on any atom is -0.396 e. The summed E-state index contributed by atoms with van der Waals surface area (Å²) in [6, 6.07) is 0. The summed E-state index contributed by atoms with van der Waals surface area (Å²) in [5.41, 5.74) is 4.85. The van der Waals surface area contributed by atoms with Gasteiger partial charge in [0.25, 0.3) is 0 Å². The Bertz CT molecular complexity index is 643. The highest BCUT2D eigenvalue weighted by atomic mass is 16.3. The highest BCUT2D eigenvalue weighted by molar-refractivity contribution is 5.33. The molecule has 1 saturated carbocycles. The van der Waals surface area contributed by atoms with Gasteiger partial charge in [0.2, 0.25) is 0 Å². The molecule has 28 heavy (non-hydrogen) atoms. The van der Waals surface area contributed by atoms with Crippen LogP contribution in [0.2, 0.25) is 0 Å². The Morgan fingerprint density at radius 2 is 2.04 bits per heavy atom. The number of nitrogens with zero attached hydrogens (tertiary/aromatic N) is 3. The van der Waals surface area contributed by atoms with Gasteiger partial charge in [0.15, 0.2) is 0 Å². The molecule has 0 saturated heterocycles. The molecule has 0 bridgehead atoms. The average molecular weight is 391 g/mol. The molecule has 1 aliphatic carbocycles. The monoisotopic (exact) mass is 390 g/mol. The van der Waals surface area contributed by atoms with Gasteiger partial charge >= 0.3 is 0 Å². The predicted molar refractivity (Wildman–Crippen MR) is 116 cm³/mol. The van der Waals surface area contributed by atoms with Gasteiger partial charge in [-0.25, -0.2) is 0 Å². The van der Waals surface area contributed by atoms with Crippen molar-refractivity contribution >= 4 is 0 Å². The van der Waals surface area contributed by atoms with E-state index in [1.54, 1.807) is 5.56 Å². The van der Waals surface area contributed by atoms with Gasteiger partial charge in [-0.3, -0.25) is 9.58 Å². The molecule has 0 spiro atoms. The number of likely N-dealkylation sites (N-methyl/N-ethyl adjacent to an activating group) is 2. The standard InChI is InChI=1S/C23H42N4O/c1-22(2,17-28)16-23(3)10-8-18(9-11-23)21-19(15-26(5)14-12-24-4)25-27-13-6-7-20(21)27/h18,24,28H,6-17H2,1-5H3. The van der Waals surface area contributed by atoms with Crippen molar-refractivity contribution in [3.05, 3.63) is 17.0 Å². The third kappa shape index (κ3) is 4.98. The van der Waals surface area contributed by atoms with Crippen LogP contribution in [0.3, 0.4) is 0 Å². The Hall–Kier alpha value is -0.910. The summed E-state index contributed by atoms with van der Waals surface area (Å²) in [7, 11) is 4.22. The SMILES string of the molecule is CNCCN(C)Cc1nn2c(c1C1CCC(C)(CC(C)(C)CO)CC1)CCC2. The molecule has 1 aromatic rings. The van der Waals surface area contributed by atoms with Crippen molar-refractivity contribution in [2.45, 2.75) is 84.7 Å². The first kappa shape index (κ1) is 21.8. The number of aromatic nitrogens is 2. The molecule has 0 radical (unpaired) electrons. The third-order valence-electron chi connectivity index (χ3n) is 7.06. The maximum absolute atomic E-state index is 9.71. The average Bonchev–Trinajstić information content (AvgIpc) is 3.21. The fourth-order valence-electron chi connectivity index (χ4n) is 5.63. The van der Waals surface area contributed by atoms with Crippen LogP contribution in [0.4, 0.5) is 0 Å². The lowest BCUT2D eigenvalue weighted by molar-refractivity contribution is 0.0681. The molecule has 5 nitrogen and oxygen atoms in total. The number of aryl methyl sites for hydroxylation is 1. The molecule has 2 aliphatic rings. The summed E-state index contributed by atoms with van der Waals surface area (Å²) in [6.45, 7) is 11.3. The zero-order valence-electron chi connectivity index (χ0n) is 18.9. The predicted octanol–water partition coefficient (Wildman–Crippen LogP) is 3.55. The zero-order valence-corrected chi connectivity index (χ0v) is 18.9. The second kappa shape index (κ2) is 8.85. The Morgan fingerprint density at radius 3 is 2.68 bits per heavy atom. The van der Waals surface area contributed by atoms with Crippen LogP contribution in [0.15, 0.2) is 0 Å². The van der Waals surface area contributed by atoms with E-state index in [1.165, 1.54) is 49.9 Å². The van der Waals surface area contributed by atoms with Gasteiger partial charge in [0, 0.05) is 44.0 Å². The highest BCUT2D eigenvalue weighted by Crippen LogP contribution is 2.49. The number of rotatable bonds is 9. The van der Waals surface area contributed by atoms with E-state index < -0.39 is 0 Å². The van der Waals surface area contributed by atoms with Crippen molar-refractivity contribution in [1.82, 2.24) is 20.0 Å². The van der Waals surface area contributed by atoms with E-state index in [0.717, 1.165) is 32.6 Å². The van der Waals surface area contributed by atoms with Gasteiger partial charge in [0.1, 0.15) is 0 Å². The van der Waals surface area contributed by atoms with E-state index in [9.17, 15) is 5.11 Å². The van der Waals surface area contributed by atoms with E-state index in [1.807, 2.05) is 7.05 Å². The van der Waals surface area contributed by atoms with Gasteiger partial charge in [-0.15, -0.1) is 0 Å². The van der Waals surface area contributed by atoms with E-state index >= 15 is 0 Å². The molecule has 160 valence electrons. The van der Waals surface area contributed by atoms with Crippen molar-refractivity contribution in [3.63, 3.8) is 0 Å². The first-order valence-corrected chi connectivity index (χ1v) is 11.3. The Morgan fingerprint density at radius 1 is 1.32 bits per heavy atom. The minimum absolute atomic E-state index is 0.0295. The van der Waals surface area contributed by atoms with Gasteiger partial charge in [0.05, 0.1) is 5.69 Å². The molecule has 2 N–H and O–H groups in total. The lowest BCUT2D eigenvalue weighted by atomic mass is 9.63. The lowest BCUT2D eigenvalue weighted by Crippen LogP contribution is -2.32. The fraction of sp³-hybridized carbons (Fsp3) is 0.870. The van der Waals surface area contributed by atoms with Crippen molar-refractivity contribution in [3.8, 4) is 0 Å². The molecule has 0 atom stereocenters. The van der Waals surface area contributed by atoms with Crippen molar-refractivity contribution < 1.29 is 5.11 Å². The fourth-order valence-corrected chi connectivity index (χ4v) is 5.63. The molecule has 0 aromatic carbocycles. The Balaban J connectivity index is 1.72.